The molecule has 33 heavy (non-hydrogen) atoms. The molecule has 0 spiro atoms. The predicted octanol–water partition coefficient (Wildman–Crippen LogP) is 3.02. The van der Waals surface area contributed by atoms with Crippen LogP contribution in [0, 0.1) is 5.82 Å². The zero-order chi connectivity index (χ0) is 24.0. The van der Waals surface area contributed by atoms with Crippen molar-refractivity contribution in [3.63, 3.8) is 0 Å². The van der Waals surface area contributed by atoms with Crippen molar-refractivity contribution in [2.75, 3.05) is 41.0 Å². The standard InChI is InChI=1S/C24H28FN3O5/c1-16(29)27(11-12-31-2)15-24(30)28-21(18-7-10-22(32-3)23(13-18)33-4)14-20(26-28)17-5-8-19(25)9-6-17/h5-10,13,21H,11-12,14-15H2,1-4H3/t21-/m1/s1. The van der Waals surface area contributed by atoms with Gasteiger partial charge in [-0.1, -0.05) is 18.2 Å². The molecule has 3 rings (SSSR count). The van der Waals surface area contributed by atoms with Gasteiger partial charge in [0.15, 0.2) is 11.5 Å². The van der Waals surface area contributed by atoms with Gasteiger partial charge in [-0.25, -0.2) is 9.40 Å². The van der Waals surface area contributed by atoms with Crippen LogP contribution in [0.25, 0.3) is 0 Å². The highest BCUT2D eigenvalue weighted by atomic mass is 19.1. The molecule has 2 amide bonds. The maximum absolute atomic E-state index is 13.4. The molecule has 2 aromatic rings. The van der Waals surface area contributed by atoms with Gasteiger partial charge in [0.05, 0.1) is 32.6 Å². The van der Waals surface area contributed by atoms with Gasteiger partial charge in [0, 0.05) is 27.0 Å². The Morgan fingerprint density at radius 2 is 1.79 bits per heavy atom. The molecule has 1 heterocycles. The third-order valence-electron chi connectivity index (χ3n) is 5.47. The number of halogens is 1. The Morgan fingerprint density at radius 1 is 1.09 bits per heavy atom. The summed E-state index contributed by atoms with van der Waals surface area (Å²) in [5.74, 6) is 0.183. The van der Waals surface area contributed by atoms with Gasteiger partial charge in [0.25, 0.3) is 5.91 Å². The Morgan fingerprint density at radius 3 is 2.39 bits per heavy atom. The SMILES string of the molecule is COCCN(CC(=O)N1N=C(c2ccc(F)cc2)C[C@@H]1c1ccc(OC)c(OC)c1)C(C)=O. The summed E-state index contributed by atoms with van der Waals surface area (Å²) in [7, 11) is 4.63. The van der Waals surface area contributed by atoms with Crippen molar-refractivity contribution in [1.29, 1.82) is 0 Å². The van der Waals surface area contributed by atoms with E-state index in [1.54, 1.807) is 38.5 Å². The summed E-state index contributed by atoms with van der Waals surface area (Å²) < 4.78 is 29.2. The molecule has 176 valence electrons. The Balaban J connectivity index is 1.94. The molecule has 0 saturated carbocycles. The largest absolute Gasteiger partial charge is 0.493 e. The van der Waals surface area contributed by atoms with E-state index in [1.165, 1.54) is 36.1 Å². The highest BCUT2D eigenvalue weighted by molar-refractivity contribution is 6.03. The molecule has 0 unspecified atom stereocenters. The number of hydrogen-bond acceptors (Lipinski definition) is 6. The van der Waals surface area contributed by atoms with Crippen molar-refractivity contribution in [3.8, 4) is 11.5 Å². The summed E-state index contributed by atoms with van der Waals surface area (Å²) in [6.07, 6.45) is 0.422. The zero-order valence-corrected chi connectivity index (χ0v) is 19.2. The van der Waals surface area contributed by atoms with Gasteiger partial charge in [-0.2, -0.15) is 5.10 Å². The molecule has 1 aliphatic rings. The van der Waals surface area contributed by atoms with Crippen LogP contribution in [0.4, 0.5) is 4.39 Å². The van der Waals surface area contributed by atoms with Crippen LogP contribution in [0.5, 0.6) is 11.5 Å². The normalized spacial score (nSPS) is 15.2. The minimum Gasteiger partial charge on any atom is -0.493 e. The summed E-state index contributed by atoms with van der Waals surface area (Å²) >= 11 is 0. The molecule has 0 saturated heterocycles. The summed E-state index contributed by atoms with van der Waals surface area (Å²) in [5.41, 5.74) is 2.17. The van der Waals surface area contributed by atoms with Crippen LogP contribution in [0.1, 0.15) is 30.5 Å². The highest BCUT2D eigenvalue weighted by Crippen LogP contribution is 2.37. The number of ether oxygens (including phenoxy) is 3. The van der Waals surface area contributed by atoms with E-state index in [4.69, 9.17) is 14.2 Å². The molecule has 0 bridgehead atoms. The molecule has 9 heteroatoms. The van der Waals surface area contributed by atoms with E-state index >= 15 is 0 Å². The number of carbonyl (C=O) groups is 2. The van der Waals surface area contributed by atoms with Crippen LogP contribution < -0.4 is 9.47 Å². The number of hydrogen-bond donors (Lipinski definition) is 0. The molecule has 0 fully saturated rings. The Labute approximate surface area is 192 Å². The summed E-state index contributed by atoms with van der Waals surface area (Å²) in [6.45, 7) is 1.88. The van der Waals surface area contributed by atoms with Crippen LogP contribution in [0.3, 0.4) is 0 Å². The number of benzene rings is 2. The van der Waals surface area contributed by atoms with Gasteiger partial charge >= 0.3 is 0 Å². The number of amides is 2. The molecule has 0 N–H and O–H groups in total. The second-order valence-electron chi connectivity index (χ2n) is 7.56. The van der Waals surface area contributed by atoms with Crippen molar-refractivity contribution in [1.82, 2.24) is 9.91 Å². The van der Waals surface area contributed by atoms with Crippen molar-refractivity contribution in [2.24, 2.45) is 5.10 Å². The van der Waals surface area contributed by atoms with Crippen molar-refractivity contribution in [2.45, 2.75) is 19.4 Å². The first-order valence-corrected chi connectivity index (χ1v) is 10.5. The number of carbonyl (C=O) groups excluding carboxylic acids is 2. The highest BCUT2D eigenvalue weighted by Gasteiger charge is 2.34. The van der Waals surface area contributed by atoms with Gasteiger partial charge < -0.3 is 19.1 Å². The van der Waals surface area contributed by atoms with Crippen LogP contribution in [-0.4, -0.2) is 68.5 Å². The van der Waals surface area contributed by atoms with Crippen molar-refractivity contribution in [3.05, 3.63) is 59.4 Å². The lowest BCUT2D eigenvalue weighted by atomic mass is 9.98. The second-order valence-corrected chi connectivity index (χ2v) is 7.56. The van der Waals surface area contributed by atoms with Gasteiger partial charge in [0.2, 0.25) is 5.91 Å². The Hall–Kier alpha value is -3.46. The number of nitrogens with zero attached hydrogens (tertiary/aromatic N) is 3. The predicted molar refractivity (Wildman–Crippen MR) is 121 cm³/mol. The topological polar surface area (TPSA) is 80.7 Å². The van der Waals surface area contributed by atoms with E-state index in [-0.39, 0.29) is 24.2 Å². The fourth-order valence-corrected chi connectivity index (χ4v) is 3.66. The monoisotopic (exact) mass is 457 g/mol. The Kier molecular flexibility index (Phi) is 8.00. The summed E-state index contributed by atoms with van der Waals surface area (Å²) in [5, 5.41) is 5.96. The van der Waals surface area contributed by atoms with Gasteiger partial charge in [-0.3, -0.25) is 9.59 Å². The summed E-state index contributed by atoms with van der Waals surface area (Å²) in [6, 6.07) is 11.0. The first-order chi connectivity index (χ1) is 15.9. The van der Waals surface area contributed by atoms with E-state index in [2.05, 4.69) is 5.10 Å². The zero-order valence-electron chi connectivity index (χ0n) is 19.2. The molecule has 1 aliphatic heterocycles. The van der Waals surface area contributed by atoms with E-state index in [0.29, 0.717) is 36.8 Å². The molecular weight excluding hydrogens is 429 g/mol. The first kappa shape index (κ1) is 24.2. The lowest BCUT2D eigenvalue weighted by molar-refractivity contribution is -0.141. The average molecular weight is 458 g/mol. The minimum absolute atomic E-state index is 0.136. The number of rotatable bonds is 9. The molecule has 0 aromatic heterocycles. The first-order valence-electron chi connectivity index (χ1n) is 10.5. The Bertz CT molecular complexity index is 1030. The van der Waals surface area contributed by atoms with Gasteiger partial charge in [-0.05, 0) is 35.4 Å². The van der Waals surface area contributed by atoms with Crippen LogP contribution >= 0.6 is 0 Å². The fourth-order valence-electron chi connectivity index (χ4n) is 3.66. The molecule has 0 aliphatic carbocycles. The van der Waals surface area contributed by atoms with Crippen molar-refractivity contribution < 1.29 is 28.2 Å². The molecule has 2 aromatic carbocycles. The van der Waals surface area contributed by atoms with E-state index < -0.39 is 6.04 Å². The minimum atomic E-state index is -0.423. The van der Waals surface area contributed by atoms with Crippen molar-refractivity contribution >= 4 is 17.5 Å². The molecular formula is C24H28FN3O5. The van der Waals surface area contributed by atoms with Gasteiger partial charge in [-0.15, -0.1) is 0 Å². The van der Waals surface area contributed by atoms with Crippen LogP contribution in [0.15, 0.2) is 47.6 Å². The van der Waals surface area contributed by atoms with E-state index in [0.717, 1.165) is 11.1 Å². The lowest BCUT2D eigenvalue weighted by Crippen LogP contribution is -2.41. The molecule has 8 nitrogen and oxygen atoms in total. The third kappa shape index (κ3) is 5.67. The van der Waals surface area contributed by atoms with E-state index in [1.807, 2.05) is 6.07 Å². The smallest absolute Gasteiger partial charge is 0.262 e. The maximum atomic E-state index is 13.4. The lowest BCUT2D eigenvalue weighted by Gasteiger charge is -2.26. The van der Waals surface area contributed by atoms with Crippen LogP contribution in [-0.2, 0) is 14.3 Å². The number of methoxy groups -OCH3 is 3. The second kappa shape index (κ2) is 10.9. The fraction of sp³-hybridized carbons (Fsp3) is 0.375. The van der Waals surface area contributed by atoms with E-state index in [9.17, 15) is 14.0 Å². The average Bonchev–Trinajstić information content (AvgIpc) is 3.27. The molecule has 1 atom stereocenters. The molecule has 0 radical (unpaired) electrons. The van der Waals surface area contributed by atoms with Crippen LogP contribution in [0.2, 0.25) is 0 Å². The third-order valence-corrected chi connectivity index (χ3v) is 5.47. The quantitative estimate of drug-likeness (QED) is 0.578. The maximum Gasteiger partial charge on any atom is 0.262 e. The summed E-state index contributed by atoms with van der Waals surface area (Å²) in [4.78, 5) is 26.7. The van der Waals surface area contributed by atoms with Gasteiger partial charge in [0.1, 0.15) is 12.4 Å². The number of hydrazone groups is 1.